The second kappa shape index (κ2) is 4.80. The van der Waals surface area contributed by atoms with Gasteiger partial charge in [0.15, 0.2) is 0 Å². The first-order chi connectivity index (χ1) is 8.19. The summed E-state index contributed by atoms with van der Waals surface area (Å²) in [6, 6.07) is 8.60. The molecular formula is C12H13N3O2. The van der Waals surface area contributed by atoms with Gasteiger partial charge < -0.3 is 15.5 Å². The third-order valence-corrected chi connectivity index (χ3v) is 2.25. The minimum Gasteiger partial charge on any atom is -0.399 e. The standard InChI is InChI=1S/C12H13N3O2/c1-17-7-10-6-11(16)15-12(14-10)8-3-2-4-9(13)5-8/h2-6H,7,13H2,1H3,(H,14,15,16). The van der Waals surface area contributed by atoms with E-state index in [9.17, 15) is 4.79 Å². The molecule has 3 N–H and O–H groups in total. The van der Waals surface area contributed by atoms with Crippen molar-refractivity contribution in [2.75, 3.05) is 12.8 Å². The van der Waals surface area contributed by atoms with E-state index in [4.69, 9.17) is 10.5 Å². The fraction of sp³-hybridized carbons (Fsp3) is 0.167. The van der Waals surface area contributed by atoms with Gasteiger partial charge in [0, 0.05) is 24.4 Å². The number of nitrogens with two attached hydrogens (primary N) is 1. The van der Waals surface area contributed by atoms with E-state index < -0.39 is 0 Å². The molecule has 0 aliphatic carbocycles. The quantitative estimate of drug-likeness (QED) is 0.777. The highest BCUT2D eigenvalue weighted by molar-refractivity contribution is 5.60. The van der Waals surface area contributed by atoms with E-state index in [0.717, 1.165) is 5.56 Å². The van der Waals surface area contributed by atoms with Crippen LogP contribution in [0.1, 0.15) is 5.69 Å². The number of nitrogen functional groups attached to an aromatic ring is 1. The lowest BCUT2D eigenvalue weighted by molar-refractivity contribution is 0.181. The Hall–Kier alpha value is -2.14. The number of hydrogen-bond acceptors (Lipinski definition) is 4. The Morgan fingerprint density at radius 3 is 2.94 bits per heavy atom. The fourth-order valence-corrected chi connectivity index (χ4v) is 1.55. The van der Waals surface area contributed by atoms with Crippen LogP contribution in [-0.2, 0) is 11.3 Å². The molecule has 2 rings (SSSR count). The molecule has 0 fully saturated rings. The molecule has 0 unspecified atom stereocenters. The summed E-state index contributed by atoms with van der Waals surface area (Å²) in [7, 11) is 1.56. The minimum absolute atomic E-state index is 0.204. The molecule has 0 amide bonds. The van der Waals surface area contributed by atoms with Crippen molar-refractivity contribution in [2.45, 2.75) is 6.61 Å². The van der Waals surface area contributed by atoms with Gasteiger partial charge in [-0.2, -0.15) is 0 Å². The fourth-order valence-electron chi connectivity index (χ4n) is 1.55. The Morgan fingerprint density at radius 2 is 2.24 bits per heavy atom. The molecule has 88 valence electrons. The number of aromatic amines is 1. The number of nitrogens with one attached hydrogen (secondary N) is 1. The smallest absolute Gasteiger partial charge is 0.251 e. The topological polar surface area (TPSA) is 81.0 Å². The van der Waals surface area contributed by atoms with Crippen molar-refractivity contribution in [3.05, 3.63) is 46.4 Å². The van der Waals surface area contributed by atoms with E-state index in [1.54, 1.807) is 19.2 Å². The summed E-state index contributed by atoms with van der Waals surface area (Å²) < 4.78 is 4.96. The maximum Gasteiger partial charge on any atom is 0.251 e. The highest BCUT2D eigenvalue weighted by atomic mass is 16.5. The molecule has 0 radical (unpaired) electrons. The van der Waals surface area contributed by atoms with Gasteiger partial charge >= 0.3 is 0 Å². The van der Waals surface area contributed by atoms with Crippen LogP contribution >= 0.6 is 0 Å². The number of methoxy groups -OCH3 is 1. The Labute approximate surface area is 98.3 Å². The predicted molar refractivity (Wildman–Crippen MR) is 65.4 cm³/mol. The van der Waals surface area contributed by atoms with Crippen LogP contribution in [0.2, 0.25) is 0 Å². The zero-order valence-electron chi connectivity index (χ0n) is 9.43. The predicted octanol–water partition coefficient (Wildman–Crippen LogP) is 1.17. The summed E-state index contributed by atoms with van der Waals surface area (Å²) in [5, 5.41) is 0. The number of anilines is 1. The van der Waals surface area contributed by atoms with Gasteiger partial charge in [0.2, 0.25) is 0 Å². The molecule has 17 heavy (non-hydrogen) atoms. The molecule has 1 aromatic carbocycles. The Kier molecular flexibility index (Phi) is 3.20. The minimum atomic E-state index is -0.204. The van der Waals surface area contributed by atoms with Crippen LogP contribution in [-0.4, -0.2) is 17.1 Å². The van der Waals surface area contributed by atoms with Gasteiger partial charge in [-0.05, 0) is 12.1 Å². The number of nitrogens with zero attached hydrogens (tertiary/aromatic N) is 1. The molecular weight excluding hydrogens is 218 g/mol. The lowest BCUT2D eigenvalue weighted by Gasteiger charge is -2.04. The lowest BCUT2D eigenvalue weighted by atomic mass is 10.2. The summed E-state index contributed by atoms with van der Waals surface area (Å²) in [5.74, 6) is 0.497. The van der Waals surface area contributed by atoms with Gasteiger partial charge in [0.1, 0.15) is 5.82 Å². The van der Waals surface area contributed by atoms with E-state index >= 15 is 0 Å². The van der Waals surface area contributed by atoms with Crippen molar-refractivity contribution < 1.29 is 4.74 Å². The van der Waals surface area contributed by atoms with Crippen molar-refractivity contribution in [2.24, 2.45) is 0 Å². The zero-order chi connectivity index (χ0) is 12.3. The summed E-state index contributed by atoms with van der Waals surface area (Å²) in [5.41, 5.74) is 7.48. The van der Waals surface area contributed by atoms with Crippen LogP contribution in [0.5, 0.6) is 0 Å². The molecule has 0 saturated heterocycles. The first kappa shape index (κ1) is 11.3. The highest BCUT2D eigenvalue weighted by Gasteiger charge is 2.04. The molecule has 0 saturated carbocycles. The largest absolute Gasteiger partial charge is 0.399 e. The van der Waals surface area contributed by atoms with E-state index in [0.29, 0.717) is 23.8 Å². The van der Waals surface area contributed by atoms with E-state index in [1.165, 1.54) is 6.07 Å². The van der Waals surface area contributed by atoms with Crippen molar-refractivity contribution in [3.8, 4) is 11.4 Å². The summed E-state index contributed by atoms with van der Waals surface area (Å²) in [6.07, 6.45) is 0. The van der Waals surface area contributed by atoms with Gasteiger partial charge in [-0.1, -0.05) is 12.1 Å². The van der Waals surface area contributed by atoms with Crippen LogP contribution in [0, 0.1) is 0 Å². The van der Waals surface area contributed by atoms with Crippen molar-refractivity contribution >= 4 is 5.69 Å². The van der Waals surface area contributed by atoms with E-state index in [-0.39, 0.29) is 5.56 Å². The summed E-state index contributed by atoms with van der Waals surface area (Å²) in [4.78, 5) is 18.4. The number of ether oxygens (including phenoxy) is 1. The zero-order valence-corrected chi connectivity index (χ0v) is 9.43. The molecule has 0 aliphatic heterocycles. The Morgan fingerprint density at radius 1 is 1.41 bits per heavy atom. The molecule has 5 heteroatoms. The Bertz CT molecular complexity index is 578. The second-order valence-electron chi connectivity index (χ2n) is 3.64. The lowest BCUT2D eigenvalue weighted by Crippen LogP contribution is -2.10. The molecule has 0 spiro atoms. The van der Waals surface area contributed by atoms with Gasteiger partial charge in [0.25, 0.3) is 5.56 Å². The first-order valence-corrected chi connectivity index (χ1v) is 5.14. The van der Waals surface area contributed by atoms with Crippen LogP contribution in [0.3, 0.4) is 0 Å². The van der Waals surface area contributed by atoms with Crippen LogP contribution in [0.4, 0.5) is 5.69 Å². The van der Waals surface area contributed by atoms with E-state index in [2.05, 4.69) is 9.97 Å². The molecule has 1 aromatic heterocycles. The third kappa shape index (κ3) is 2.70. The van der Waals surface area contributed by atoms with Gasteiger partial charge in [0.05, 0.1) is 12.3 Å². The summed E-state index contributed by atoms with van der Waals surface area (Å²) in [6.45, 7) is 0.305. The number of hydrogen-bond donors (Lipinski definition) is 2. The van der Waals surface area contributed by atoms with Gasteiger partial charge in [-0.15, -0.1) is 0 Å². The van der Waals surface area contributed by atoms with Crippen LogP contribution < -0.4 is 11.3 Å². The highest BCUT2D eigenvalue weighted by Crippen LogP contribution is 2.16. The molecule has 2 aromatic rings. The monoisotopic (exact) mass is 231 g/mol. The molecule has 0 bridgehead atoms. The summed E-state index contributed by atoms with van der Waals surface area (Å²) >= 11 is 0. The van der Waals surface area contributed by atoms with Gasteiger partial charge in [-0.25, -0.2) is 4.98 Å². The van der Waals surface area contributed by atoms with E-state index in [1.807, 2.05) is 12.1 Å². The number of H-pyrrole nitrogens is 1. The maximum absolute atomic E-state index is 11.5. The SMILES string of the molecule is COCc1cc(=O)[nH]c(-c2cccc(N)c2)n1. The van der Waals surface area contributed by atoms with Crippen LogP contribution in [0.25, 0.3) is 11.4 Å². The second-order valence-corrected chi connectivity index (χ2v) is 3.64. The number of benzene rings is 1. The van der Waals surface area contributed by atoms with Crippen LogP contribution in [0.15, 0.2) is 35.1 Å². The maximum atomic E-state index is 11.5. The average molecular weight is 231 g/mol. The Balaban J connectivity index is 2.48. The molecule has 1 heterocycles. The van der Waals surface area contributed by atoms with Gasteiger partial charge in [-0.3, -0.25) is 4.79 Å². The molecule has 5 nitrogen and oxygen atoms in total. The molecule has 0 aliphatic rings. The van der Waals surface area contributed by atoms with Crippen molar-refractivity contribution in [3.63, 3.8) is 0 Å². The van der Waals surface area contributed by atoms with Crippen molar-refractivity contribution in [1.29, 1.82) is 0 Å². The van der Waals surface area contributed by atoms with Crippen molar-refractivity contribution in [1.82, 2.24) is 9.97 Å². The normalized spacial score (nSPS) is 10.4. The molecule has 0 atom stereocenters. The first-order valence-electron chi connectivity index (χ1n) is 5.14. The average Bonchev–Trinajstić information content (AvgIpc) is 2.28. The number of aromatic nitrogens is 2. The third-order valence-electron chi connectivity index (χ3n) is 2.25. The number of rotatable bonds is 3.